The van der Waals surface area contributed by atoms with E-state index in [1.165, 1.54) is 6.42 Å². The first kappa shape index (κ1) is 13.0. The van der Waals surface area contributed by atoms with Gasteiger partial charge >= 0.3 is 11.9 Å². The normalized spacial score (nSPS) is 30.1. The molecule has 1 rings (SSSR count). The Kier molecular flexibility index (Phi) is 4.33. The van der Waals surface area contributed by atoms with Gasteiger partial charge in [0.25, 0.3) is 0 Å². The van der Waals surface area contributed by atoms with Crippen molar-refractivity contribution in [2.45, 2.75) is 46.1 Å². The van der Waals surface area contributed by atoms with Crippen molar-refractivity contribution in [3.8, 4) is 0 Å². The molecule has 4 heteroatoms. The molecule has 0 aromatic carbocycles. The van der Waals surface area contributed by atoms with Crippen molar-refractivity contribution in [1.29, 1.82) is 0 Å². The van der Waals surface area contributed by atoms with Crippen molar-refractivity contribution < 1.29 is 14.7 Å². The number of carboxylic acid groups (broad SMARTS) is 1. The van der Waals surface area contributed by atoms with Crippen LogP contribution in [-0.4, -0.2) is 23.0 Å². The summed E-state index contributed by atoms with van der Waals surface area (Å²) in [5, 5.41) is 11.2. The fourth-order valence-corrected chi connectivity index (χ4v) is 2.60. The van der Waals surface area contributed by atoms with Crippen LogP contribution in [0.2, 0.25) is 0 Å². The van der Waals surface area contributed by atoms with Gasteiger partial charge in [0.05, 0.1) is 0 Å². The van der Waals surface area contributed by atoms with E-state index in [9.17, 15) is 9.59 Å². The van der Waals surface area contributed by atoms with E-state index < -0.39 is 11.9 Å². The predicted octanol–water partition coefficient (Wildman–Crippen LogP) is 1.65. The van der Waals surface area contributed by atoms with Crippen molar-refractivity contribution in [1.82, 2.24) is 5.32 Å². The average Bonchev–Trinajstić information content (AvgIpc) is 2.16. The van der Waals surface area contributed by atoms with Crippen molar-refractivity contribution >= 4 is 11.9 Å². The molecular weight excluding hydrogens is 206 g/mol. The highest BCUT2D eigenvalue weighted by Crippen LogP contribution is 2.33. The van der Waals surface area contributed by atoms with Crippen LogP contribution in [-0.2, 0) is 9.59 Å². The summed E-state index contributed by atoms with van der Waals surface area (Å²) in [7, 11) is 0. The lowest BCUT2D eigenvalue weighted by atomic mass is 9.74. The number of rotatable bonds is 2. The highest BCUT2D eigenvalue weighted by molar-refractivity contribution is 6.31. The minimum absolute atomic E-state index is 0.0207. The standard InChI is InChI=1S/C12H21NO3/c1-7(2)9-5-4-8(3)6-10(9)13-11(14)12(15)16/h7-10H,4-6H2,1-3H3,(H,13,14)(H,15,16). The van der Waals surface area contributed by atoms with Crippen molar-refractivity contribution in [2.24, 2.45) is 17.8 Å². The van der Waals surface area contributed by atoms with Crippen molar-refractivity contribution in [2.75, 3.05) is 0 Å². The van der Waals surface area contributed by atoms with Gasteiger partial charge < -0.3 is 10.4 Å². The van der Waals surface area contributed by atoms with E-state index in [1.807, 2.05) is 0 Å². The maximum Gasteiger partial charge on any atom is 0.394 e. The van der Waals surface area contributed by atoms with E-state index in [0.717, 1.165) is 12.8 Å². The van der Waals surface area contributed by atoms with E-state index in [4.69, 9.17) is 5.11 Å². The Morgan fingerprint density at radius 3 is 2.44 bits per heavy atom. The summed E-state index contributed by atoms with van der Waals surface area (Å²) < 4.78 is 0. The first-order valence-electron chi connectivity index (χ1n) is 5.95. The molecule has 0 bridgehead atoms. The third kappa shape index (κ3) is 3.22. The second-order valence-corrected chi connectivity index (χ2v) is 5.21. The number of carboxylic acids is 1. The molecule has 3 unspecified atom stereocenters. The van der Waals surface area contributed by atoms with Gasteiger partial charge in [-0.15, -0.1) is 0 Å². The molecule has 0 spiro atoms. The van der Waals surface area contributed by atoms with Gasteiger partial charge in [-0.1, -0.05) is 27.2 Å². The fourth-order valence-electron chi connectivity index (χ4n) is 2.60. The van der Waals surface area contributed by atoms with Gasteiger partial charge in [0.15, 0.2) is 0 Å². The van der Waals surface area contributed by atoms with Crippen LogP contribution >= 0.6 is 0 Å². The maximum absolute atomic E-state index is 11.2. The molecule has 1 amide bonds. The number of hydrogen-bond donors (Lipinski definition) is 2. The zero-order valence-corrected chi connectivity index (χ0v) is 10.2. The molecule has 1 aliphatic carbocycles. The molecule has 92 valence electrons. The summed E-state index contributed by atoms with van der Waals surface area (Å²) >= 11 is 0. The molecule has 0 aliphatic heterocycles. The maximum atomic E-state index is 11.2. The van der Waals surface area contributed by atoms with Gasteiger partial charge in [-0.3, -0.25) is 4.79 Å². The molecule has 1 saturated carbocycles. The second kappa shape index (κ2) is 5.32. The van der Waals surface area contributed by atoms with Crippen molar-refractivity contribution in [3.05, 3.63) is 0 Å². The van der Waals surface area contributed by atoms with Gasteiger partial charge in [0, 0.05) is 6.04 Å². The van der Waals surface area contributed by atoms with Crippen LogP contribution in [0.15, 0.2) is 0 Å². The van der Waals surface area contributed by atoms with Gasteiger partial charge in [0.2, 0.25) is 0 Å². The lowest BCUT2D eigenvalue weighted by molar-refractivity contribution is -0.151. The van der Waals surface area contributed by atoms with E-state index >= 15 is 0 Å². The van der Waals surface area contributed by atoms with Gasteiger partial charge in [-0.05, 0) is 30.6 Å². The molecule has 1 fully saturated rings. The smallest absolute Gasteiger partial charge is 0.394 e. The number of amides is 1. The molecule has 0 aromatic heterocycles. The van der Waals surface area contributed by atoms with Gasteiger partial charge in [0.1, 0.15) is 0 Å². The Labute approximate surface area is 96.4 Å². The summed E-state index contributed by atoms with van der Waals surface area (Å²) in [5.74, 6) is -0.814. The molecule has 1 aliphatic rings. The lowest BCUT2D eigenvalue weighted by Gasteiger charge is -2.37. The topological polar surface area (TPSA) is 66.4 Å². The van der Waals surface area contributed by atoms with Crippen LogP contribution in [0.4, 0.5) is 0 Å². The first-order chi connectivity index (χ1) is 7.41. The second-order valence-electron chi connectivity index (χ2n) is 5.21. The number of carbonyl (C=O) groups is 2. The Morgan fingerprint density at radius 2 is 1.94 bits per heavy atom. The van der Waals surface area contributed by atoms with Gasteiger partial charge in [-0.2, -0.15) is 0 Å². The van der Waals surface area contributed by atoms with E-state index in [1.54, 1.807) is 0 Å². The number of hydrogen-bond acceptors (Lipinski definition) is 2. The molecule has 0 aromatic rings. The SMILES string of the molecule is CC1CCC(C(C)C)C(NC(=O)C(=O)O)C1. The Bertz CT molecular complexity index is 275. The zero-order valence-electron chi connectivity index (χ0n) is 10.2. The van der Waals surface area contributed by atoms with Crippen LogP contribution in [0.5, 0.6) is 0 Å². The fraction of sp³-hybridized carbons (Fsp3) is 0.833. The monoisotopic (exact) mass is 227 g/mol. The highest BCUT2D eigenvalue weighted by Gasteiger charge is 2.32. The third-order valence-corrected chi connectivity index (χ3v) is 3.53. The summed E-state index contributed by atoms with van der Waals surface area (Å²) in [5.41, 5.74) is 0. The average molecular weight is 227 g/mol. The predicted molar refractivity (Wildman–Crippen MR) is 60.9 cm³/mol. The highest BCUT2D eigenvalue weighted by atomic mass is 16.4. The molecule has 0 heterocycles. The number of nitrogens with one attached hydrogen (secondary N) is 1. The minimum Gasteiger partial charge on any atom is -0.474 e. The van der Waals surface area contributed by atoms with Crippen molar-refractivity contribution in [3.63, 3.8) is 0 Å². The molecule has 0 radical (unpaired) electrons. The largest absolute Gasteiger partial charge is 0.474 e. The van der Waals surface area contributed by atoms with E-state index in [0.29, 0.717) is 17.8 Å². The number of aliphatic carboxylic acids is 1. The van der Waals surface area contributed by atoms with Crippen LogP contribution in [0.1, 0.15) is 40.0 Å². The molecule has 0 saturated heterocycles. The molecule has 16 heavy (non-hydrogen) atoms. The summed E-state index contributed by atoms with van der Waals surface area (Å²) in [4.78, 5) is 21.7. The summed E-state index contributed by atoms with van der Waals surface area (Å²) in [6, 6.07) is 0.0207. The van der Waals surface area contributed by atoms with E-state index in [-0.39, 0.29) is 6.04 Å². The summed E-state index contributed by atoms with van der Waals surface area (Å²) in [6.07, 6.45) is 3.13. The lowest BCUT2D eigenvalue weighted by Crippen LogP contribution is -2.47. The summed E-state index contributed by atoms with van der Waals surface area (Å²) in [6.45, 7) is 6.40. The van der Waals surface area contributed by atoms with Crippen LogP contribution in [0.25, 0.3) is 0 Å². The Hall–Kier alpha value is -1.06. The van der Waals surface area contributed by atoms with Crippen LogP contribution < -0.4 is 5.32 Å². The molecule has 4 nitrogen and oxygen atoms in total. The Balaban J connectivity index is 2.64. The minimum atomic E-state index is -1.39. The quantitative estimate of drug-likeness (QED) is 0.705. The van der Waals surface area contributed by atoms with E-state index in [2.05, 4.69) is 26.1 Å². The third-order valence-electron chi connectivity index (χ3n) is 3.53. The van der Waals surface area contributed by atoms with Crippen LogP contribution in [0.3, 0.4) is 0 Å². The van der Waals surface area contributed by atoms with Gasteiger partial charge in [-0.25, -0.2) is 4.79 Å². The molecule has 3 atom stereocenters. The first-order valence-corrected chi connectivity index (χ1v) is 5.95. The molecule has 2 N–H and O–H groups in total. The Morgan fingerprint density at radius 1 is 1.31 bits per heavy atom. The number of carbonyl (C=O) groups excluding carboxylic acids is 1. The zero-order chi connectivity index (χ0) is 12.3. The van der Waals surface area contributed by atoms with Crippen LogP contribution in [0, 0.1) is 17.8 Å². The molecular formula is C12H21NO3.